The van der Waals surface area contributed by atoms with Gasteiger partial charge in [-0.05, 0) is 17.2 Å². The van der Waals surface area contributed by atoms with Crippen molar-refractivity contribution in [1.29, 1.82) is 0 Å². The van der Waals surface area contributed by atoms with Gasteiger partial charge < -0.3 is 5.32 Å². The first kappa shape index (κ1) is 20.6. The minimum absolute atomic E-state index is 0.151. The number of aromatic nitrogens is 3. The summed E-state index contributed by atoms with van der Waals surface area (Å²) in [5, 5.41) is 10.6. The SMILES string of the molecule is CC(C)(CNC(=O)c1cn(Cc2ccccc2)nn1)c1cccc(C(F)(F)F)c1. The summed E-state index contributed by atoms with van der Waals surface area (Å²) in [5.41, 5.74) is 0.256. The lowest BCUT2D eigenvalue weighted by molar-refractivity contribution is -0.137. The summed E-state index contributed by atoms with van der Waals surface area (Å²) in [6.07, 6.45) is -2.87. The van der Waals surface area contributed by atoms with Gasteiger partial charge in [0, 0.05) is 12.0 Å². The maximum absolute atomic E-state index is 13.0. The van der Waals surface area contributed by atoms with Crippen LogP contribution in [0.5, 0.6) is 0 Å². The zero-order chi connectivity index (χ0) is 21.1. The average molecular weight is 402 g/mol. The summed E-state index contributed by atoms with van der Waals surface area (Å²) in [4.78, 5) is 12.4. The summed E-state index contributed by atoms with van der Waals surface area (Å²) in [5.74, 6) is -0.427. The number of alkyl halides is 3. The predicted molar refractivity (Wildman–Crippen MR) is 102 cm³/mol. The second-order valence-corrected chi connectivity index (χ2v) is 7.43. The van der Waals surface area contributed by atoms with Gasteiger partial charge in [0.05, 0.1) is 18.3 Å². The normalized spacial score (nSPS) is 12.0. The Labute approximate surface area is 166 Å². The van der Waals surface area contributed by atoms with Crippen LogP contribution in [0, 0.1) is 0 Å². The van der Waals surface area contributed by atoms with Crippen molar-refractivity contribution < 1.29 is 18.0 Å². The molecular formula is C21H21F3N4O. The van der Waals surface area contributed by atoms with Crippen LogP contribution in [0.15, 0.2) is 60.8 Å². The van der Waals surface area contributed by atoms with Crippen LogP contribution >= 0.6 is 0 Å². The van der Waals surface area contributed by atoms with Gasteiger partial charge in [-0.2, -0.15) is 13.2 Å². The first-order chi connectivity index (χ1) is 13.6. The van der Waals surface area contributed by atoms with E-state index in [2.05, 4.69) is 15.6 Å². The number of nitrogens with zero attached hydrogens (tertiary/aromatic N) is 3. The van der Waals surface area contributed by atoms with Gasteiger partial charge in [-0.1, -0.05) is 67.6 Å². The molecule has 0 saturated heterocycles. The number of carbonyl (C=O) groups is 1. The van der Waals surface area contributed by atoms with Crippen molar-refractivity contribution >= 4 is 5.91 Å². The Morgan fingerprint density at radius 1 is 1.03 bits per heavy atom. The van der Waals surface area contributed by atoms with E-state index in [1.807, 2.05) is 30.3 Å². The van der Waals surface area contributed by atoms with Crippen LogP contribution in [0.1, 0.15) is 41.0 Å². The molecule has 0 fully saturated rings. The molecule has 8 heteroatoms. The Kier molecular flexibility index (Phi) is 5.72. The van der Waals surface area contributed by atoms with Crippen molar-refractivity contribution in [2.24, 2.45) is 0 Å². The number of amides is 1. The molecule has 0 radical (unpaired) electrons. The molecule has 0 spiro atoms. The molecule has 1 N–H and O–H groups in total. The molecule has 0 aliphatic rings. The van der Waals surface area contributed by atoms with Crippen LogP contribution in [0.2, 0.25) is 0 Å². The van der Waals surface area contributed by atoms with Crippen molar-refractivity contribution in [3.8, 4) is 0 Å². The van der Waals surface area contributed by atoms with E-state index < -0.39 is 23.1 Å². The molecule has 5 nitrogen and oxygen atoms in total. The van der Waals surface area contributed by atoms with Crippen molar-refractivity contribution in [3.63, 3.8) is 0 Å². The molecule has 1 amide bonds. The molecule has 1 heterocycles. The summed E-state index contributed by atoms with van der Waals surface area (Å²) in [6, 6.07) is 14.8. The Morgan fingerprint density at radius 2 is 1.72 bits per heavy atom. The van der Waals surface area contributed by atoms with E-state index in [1.165, 1.54) is 6.07 Å². The molecule has 0 atom stereocenters. The number of benzene rings is 2. The molecule has 29 heavy (non-hydrogen) atoms. The number of hydrogen-bond donors (Lipinski definition) is 1. The Bertz CT molecular complexity index is 981. The van der Waals surface area contributed by atoms with Gasteiger partial charge in [-0.3, -0.25) is 4.79 Å². The maximum atomic E-state index is 13.0. The number of carbonyl (C=O) groups excluding carboxylic acids is 1. The van der Waals surface area contributed by atoms with Crippen LogP contribution in [-0.4, -0.2) is 27.4 Å². The van der Waals surface area contributed by atoms with Crippen LogP contribution in [-0.2, 0) is 18.1 Å². The fourth-order valence-electron chi connectivity index (χ4n) is 2.86. The van der Waals surface area contributed by atoms with Gasteiger partial charge in [0.25, 0.3) is 5.91 Å². The third kappa shape index (κ3) is 5.22. The van der Waals surface area contributed by atoms with Gasteiger partial charge in [0.1, 0.15) is 0 Å². The van der Waals surface area contributed by atoms with Crippen LogP contribution in [0.3, 0.4) is 0 Å². The molecule has 0 aliphatic carbocycles. The summed E-state index contributed by atoms with van der Waals surface area (Å²) in [7, 11) is 0. The van der Waals surface area contributed by atoms with E-state index in [9.17, 15) is 18.0 Å². The first-order valence-corrected chi connectivity index (χ1v) is 9.05. The average Bonchev–Trinajstić information content (AvgIpc) is 3.15. The molecular weight excluding hydrogens is 381 g/mol. The molecule has 3 aromatic rings. The van der Waals surface area contributed by atoms with Gasteiger partial charge in [0.15, 0.2) is 5.69 Å². The van der Waals surface area contributed by atoms with Gasteiger partial charge in [-0.25, -0.2) is 4.68 Å². The fraction of sp³-hybridized carbons (Fsp3) is 0.286. The van der Waals surface area contributed by atoms with Crippen LogP contribution in [0.4, 0.5) is 13.2 Å². The zero-order valence-corrected chi connectivity index (χ0v) is 16.1. The Hall–Kier alpha value is -3.16. The predicted octanol–water partition coefficient (Wildman–Crippen LogP) is 4.05. The standard InChI is InChI=1S/C21H21F3N4O/c1-20(2,16-9-6-10-17(11-16)21(22,23)24)14-25-19(29)18-13-28(27-26-18)12-15-7-4-3-5-8-15/h3-11,13H,12,14H2,1-2H3,(H,25,29). The van der Waals surface area contributed by atoms with E-state index in [-0.39, 0.29) is 12.2 Å². The third-order valence-corrected chi connectivity index (χ3v) is 4.62. The highest BCUT2D eigenvalue weighted by atomic mass is 19.4. The van der Waals surface area contributed by atoms with Crippen LogP contribution < -0.4 is 5.32 Å². The number of rotatable bonds is 6. The number of halogens is 3. The van der Waals surface area contributed by atoms with E-state index in [0.29, 0.717) is 12.1 Å². The minimum atomic E-state index is -4.41. The highest BCUT2D eigenvalue weighted by molar-refractivity contribution is 5.91. The van der Waals surface area contributed by atoms with E-state index >= 15 is 0 Å². The lowest BCUT2D eigenvalue weighted by Crippen LogP contribution is -2.37. The second-order valence-electron chi connectivity index (χ2n) is 7.43. The topological polar surface area (TPSA) is 59.8 Å². The monoisotopic (exact) mass is 402 g/mol. The van der Waals surface area contributed by atoms with Crippen molar-refractivity contribution in [2.45, 2.75) is 32.0 Å². The second kappa shape index (κ2) is 8.06. The largest absolute Gasteiger partial charge is 0.416 e. The number of hydrogen-bond acceptors (Lipinski definition) is 3. The highest BCUT2D eigenvalue weighted by Gasteiger charge is 2.32. The smallest absolute Gasteiger partial charge is 0.350 e. The van der Waals surface area contributed by atoms with Crippen LogP contribution in [0.25, 0.3) is 0 Å². The van der Waals surface area contributed by atoms with Gasteiger partial charge >= 0.3 is 6.18 Å². The Morgan fingerprint density at radius 3 is 2.41 bits per heavy atom. The summed E-state index contributed by atoms with van der Waals surface area (Å²) >= 11 is 0. The van der Waals surface area contributed by atoms with Gasteiger partial charge in [-0.15, -0.1) is 5.10 Å². The summed E-state index contributed by atoms with van der Waals surface area (Å²) in [6.45, 7) is 4.18. The number of nitrogens with one attached hydrogen (secondary N) is 1. The molecule has 3 rings (SSSR count). The van der Waals surface area contributed by atoms with Crippen molar-refractivity contribution in [1.82, 2.24) is 20.3 Å². The Balaban J connectivity index is 1.64. The molecule has 0 unspecified atom stereocenters. The van der Waals surface area contributed by atoms with Crippen molar-refractivity contribution in [2.75, 3.05) is 6.54 Å². The van der Waals surface area contributed by atoms with E-state index in [1.54, 1.807) is 30.8 Å². The third-order valence-electron chi connectivity index (χ3n) is 4.62. The molecule has 2 aromatic carbocycles. The molecule has 0 aliphatic heterocycles. The highest BCUT2D eigenvalue weighted by Crippen LogP contribution is 2.32. The first-order valence-electron chi connectivity index (χ1n) is 9.05. The fourth-order valence-corrected chi connectivity index (χ4v) is 2.86. The summed E-state index contributed by atoms with van der Waals surface area (Å²) < 4.78 is 40.4. The minimum Gasteiger partial charge on any atom is -0.350 e. The van der Waals surface area contributed by atoms with E-state index in [0.717, 1.165) is 17.7 Å². The lowest BCUT2D eigenvalue weighted by atomic mass is 9.83. The van der Waals surface area contributed by atoms with Gasteiger partial charge in [0.2, 0.25) is 0 Å². The molecule has 152 valence electrons. The van der Waals surface area contributed by atoms with Crippen molar-refractivity contribution in [3.05, 3.63) is 83.2 Å². The quantitative estimate of drug-likeness (QED) is 0.677. The zero-order valence-electron chi connectivity index (χ0n) is 16.1. The molecule has 0 saturated carbocycles. The molecule has 0 bridgehead atoms. The lowest BCUT2D eigenvalue weighted by Gasteiger charge is -2.26. The molecule has 1 aromatic heterocycles. The van der Waals surface area contributed by atoms with E-state index in [4.69, 9.17) is 0 Å². The maximum Gasteiger partial charge on any atom is 0.416 e.